The van der Waals surface area contributed by atoms with Gasteiger partial charge in [-0.05, 0) is 25.7 Å². The van der Waals surface area contributed by atoms with E-state index in [0.717, 1.165) is 38.5 Å². The van der Waals surface area contributed by atoms with E-state index in [1.807, 2.05) is 0 Å². The largest absolute Gasteiger partial charge is 0.466 e. The topological polar surface area (TPSA) is 95.9 Å². The fraction of sp³-hybridized carbons (Fsp3) is 0.966. The molecular weight excluding hydrogens is 803 g/mol. The molecule has 0 bridgehead atoms. The molecule has 2 unspecified atom stereocenters. The summed E-state index contributed by atoms with van der Waals surface area (Å²) in [6.45, 7) is 4.97. The molecule has 6 nitrogen and oxygen atoms in total. The number of hydrogen-bond donors (Lipinski definition) is 3. The summed E-state index contributed by atoms with van der Waals surface area (Å²) < 4.78 is 5.47. The summed E-state index contributed by atoms with van der Waals surface area (Å²) in [5.41, 5.74) is 0. The van der Waals surface area contributed by atoms with E-state index in [0.29, 0.717) is 25.9 Å². The van der Waals surface area contributed by atoms with Gasteiger partial charge in [0.25, 0.3) is 0 Å². The van der Waals surface area contributed by atoms with Gasteiger partial charge in [-0.3, -0.25) is 9.59 Å². The van der Waals surface area contributed by atoms with Gasteiger partial charge in [0.15, 0.2) is 0 Å². The number of unbranched alkanes of at least 4 members (excludes halogenated alkanes) is 45. The fourth-order valence-corrected chi connectivity index (χ4v) is 9.58. The Morgan fingerprint density at radius 2 is 0.631 bits per heavy atom. The van der Waals surface area contributed by atoms with Crippen LogP contribution in [0.25, 0.3) is 0 Å². The van der Waals surface area contributed by atoms with Crippen molar-refractivity contribution in [1.29, 1.82) is 0 Å². The van der Waals surface area contributed by atoms with Crippen LogP contribution in [0.3, 0.4) is 0 Å². The number of aliphatic hydroxyl groups is 2. The first-order valence-corrected chi connectivity index (χ1v) is 29.8. The number of amides is 1. The van der Waals surface area contributed by atoms with Crippen LogP contribution in [0.5, 0.6) is 0 Å². The van der Waals surface area contributed by atoms with E-state index in [2.05, 4.69) is 19.2 Å². The van der Waals surface area contributed by atoms with Crippen LogP contribution in [0.2, 0.25) is 0 Å². The molecule has 0 aliphatic carbocycles. The number of esters is 1. The predicted molar refractivity (Wildman–Crippen MR) is 283 cm³/mol. The van der Waals surface area contributed by atoms with Crippen LogP contribution in [-0.2, 0) is 14.3 Å². The van der Waals surface area contributed by atoms with Crippen molar-refractivity contribution in [1.82, 2.24) is 5.32 Å². The third-order valence-electron chi connectivity index (χ3n) is 14.2. The van der Waals surface area contributed by atoms with E-state index in [4.69, 9.17) is 4.74 Å². The minimum absolute atomic E-state index is 0.00908. The molecule has 0 aromatic carbocycles. The zero-order valence-electron chi connectivity index (χ0n) is 44.3. The number of carbonyl (C=O) groups is 2. The van der Waals surface area contributed by atoms with E-state index in [9.17, 15) is 19.8 Å². The van der Waals surface area contributed by atoms with E-state index in [1.54, 1.807) is 0 Å². The monoisotopic (exact) mass is 920 g/mol. The van der Waals surface area contributed by atoms with Crippen LogP contribution in [0.4, 0.5) is 0 Å². The lowest BCUT2D eigenvalue weighted by atomic mass is 10.0. The van der Waals surface area contributed by atoms with E-state index >= 15 is 0 Å². The van der Waals surface area contributed by atoms with Gasteiger partial charge in [-0.1, -0.05) is 303 Å². The number of carbonyl (C=O) groups excluding carboxylic acids is 2. The highest BCUT2D eigenvalue weighted by molar-refractivity contribution is 5.76. The first-order chi connectivity index (χ1) is 32.0. The third kappa shape index (κ3) is 52.1. The number of ether oxygens (including phenoxy) is 1. The molecule has 0 saturated carbocycles. The van der Waals surface area contributed by atoms with Gasteiger partial charge >= 0.3 is 5.97 Å². The van der Waals surface area contributed by atoms with Crippen LogP contribution in [-0.4, -0.2) is 47.4 Å². The third-order valence-corrected chi connectivity index (χ3v) is 14.2. The van der Waals surface area contributed by atoms with Crippen molar-refractivity contribution >= 4 is 11.9 Å². The summed E-state index contributed by atoms with van der Waals surface area (Å²) in [4.78, 5) is 24.5. The average Bonchev–Trinajstić information content (AvgIpc) is 3.31. The van der Waals surface area contributed by atoms with Crippen molar-refractivity contribution < 1.29 is 24.5 Å². The Hall–Kier alpha value is -1.14. The number of nitrogens with one attached hydrogen (secondary N) is 1. The predicted octanol–water partition coefficient (Wildman–Crippen LogP) is 18.3. The van der Waals surface area contributed by atoms with Crippen molar-refractivity contribution in [3.05, 3.63) is 0 Å². The Balaban J connectivity index is 3.40. The average molecular weight is 921 g/mol. The molecule has 0 rings (SSSR count). The lowest BCUT2D eigenvalue weighted by Crippen LogP contribution is -2.45. The number of hydrogen-bond acceptors (Lipinski definition) is 5. The van der Waals surface area contributed by atoms with Crippen molar-refractivity contribution in [3.8, 4) is 0 Å². The molecule has 0 heterocycles. The summed E-state index contributed by atoms with van der Waals surface area (Å²) in [6.07, 6.45) is 63.8. The lowest BCUT2D eigenvalue weighted by molar-refractivity contribution is -0.143. The molecule has 0 spiro atoms. The maximum Gasteiger partial charge on any atom is 0.305 e. The van der Waals surface area contributed by atoms with E-state index in [-0.39, 0.29) is 18.5 Å². The van der Waals surface area contributed by atoms with Crippen LogP contribution < -0.4 is 5.32 Å². The molecule has 0 aromatic rings. The molecule has 2 atom stereocenters. The van der Waals surface area contributed by atoms with Gasteiger partial charge < -0.3 is 20.3 Å². The molecule has 0 saturated heterocycles. The molecule has 0 aromatic heterocycles. The van der Waals surface area contributed by atoms with Gasteiger partial charge in [0.05, 0.1) is 25.4 Å². The summed E-state index contributed by atoms with van der Waals surface area (Å²) >= 11 is 0. The molecule has 0 aliphatic heterocycles. The molecule has 6 heteroatoms. The maximum atomic E-state index is 12.5. The van der Waals surface area contributed by atoms with E-state index in [1.165, 1.54) is 270 Å². The standard InChI is InChI=1S/C59H117NO5/c1-3-5-7-9-11-13-15-17-18-19-22-25-28-31-35-39-43-47-51-57(62)56(55-61)60-58(63)52-48-44-40-36-32-29-26-23-20-21-24-27-30-34-38-42-46-50-54-65-59(64)53-49-45-41-37-33-16-14-12-10-8-6-4-2/h56-57,61-62H,3-55H2,1-2H3,(H,60,63). The Morgan fingerprint density at radius 1 is 0.369 bits per heavy atom. The van der Waals surface area contributed by atoms with Gasteiger partial charge in [-0.25, -0.2) is 0 Å². The van der Waals surface area contributed by atoms with Crippen LogP contribution in [0.15, 0.2) is 0 Å². The fourth-order valence-electron chi connectivity index (χ4n) is 9.58. The minimum atomic E-state index is -0.666. The lowest BCUT2D eigenvalue weighted by Gasteiger charge is -2.22. The molecule has 0 radical (unpaired) electrons. The summed E-state index contributed by atoms with van der Waals surface area (Å²) in [5.74, 6) is -0.0261. The summed E-state index contributed by atoms with van der Waals surface area (Å²) in [7, 11) is 0. The molecule has 0 aliphatic rings. The van der Waals surface area contributed by atoms with Crippen molar-refractivity contribution in [2.75, 3.05) is 13.2 Å². The molecule has 3 N–H and O–H groups in total. The Kier molecular flexibility index (Phi) is 54.5. The second kappa shape index (κ2) is 55.5. The second-order valence-electron chi connectivity index (χ2n) is 20.7. The summed E-state index contributed by atoms with van der Waals surface area (Å²) in [5, 5.41) is 23.3. The molecule has 0 fully saturated rings. The number of aliphatic hydroxyl groups excluding tert-OH is 2. The molecular formula is C59H117NO5. The van der Waals surface area contributed by atoms with Crippen molar-refractivity contribution in [2.24, 2.45) is 0 Å². The Labute approximate surface area is 406 Å². The van der Waals surface area contributed by atoms with Crippen molar-refractivity contribution in [2.45, 2.75) is 353 Å². The SMILES string of the molecule is CCCCCCCCCCCCCCCCCCCCC(O)C(CO)NC(=O)CCCCCCCCCCCCCCCCCCCCOC(=O)CCCCCCCCCCCCCC. The van der Waals surface area contributed by atoms with Crippen LogP contribution >= 0.6 is 0 Å². The second-order valence-corrected chi connectivity index (χ2v) is 20.7. The Morgan fingerprint density at radius 3 is 0.938 bits per heavy atom. The maximum absolute atomic E-state index is 12.5. The zero-order chi connectivity index (χ0) is 47.2. The normalized spacial score (nSPS) is 12.5. The number of rotatable bonds is 56. The quantitative estimate of drug-likeness (QED) is 0.0417. The molecule has 1 amide bonds. The first kappa shape index (κ1) is 63.9. The molecule has 65 heavy (non-hydrogen) atoms. The van der Waals surface area contributed by atoms with Gasteiger partial charge in [0, 0.05) is 12.8 Å². The highest BCUT2D eigenvalue weighted by Crippen LogP contribution is 2.18. The van der Waals surface area contributed by atoms with Crippen LogP contribution in [0, 0.1) is 0 Å². The van der Waals surface area contributed by atoms with Gasteiger partial charge in [0.2, 0.25) is 5.91 Å². The zero-order valence-corrected chi connectivity index (χ0v) is 44.3. The van der Waals surface area contributed by atoms with Crippen molar-refractivity contribution in [3.63, 3.8) is 0 Å². The van der Waals surface area contributed by atoms with Gasteiger partial charge in [-0.15, -0.1) is 0 Å². The smallest absolute Gasteiger partial charge is 0.305 e. The highest BCUT2D eigenvalue weighted by atomic mass is 16.5. The highest BCUT2D eigenvalue weighted by Gasteiger charge is 2.20. The summed E-state index contributed by atoms with van der Waals surface area (Å²) in [6, 6.07) is -0.543. The minimum Gasteiger partial charge on any atom is -0.466 e. The first-order valence-electron chi connectivity index (χ1n) is 29.8. The van der Waals surface area contributed by atoms with Gasteiger partial charge in [0.1, 0.15) is 0 Å². The van der Waals surface area contributed by atoms with E-state index < -0.39 is 12.1 Å². The van der Waals surface area contributed by atoms with Gasteiger partial charge in [-0.2, -0.15) is 0 Å². The van der Waals surface area contributed by atoms with Crippen LogP contribution in [0.1, 0.15) is 341 Å². The Bertz CT molecular complexity index is 928. The molecule has 388 valence electrons.